The Morgan fingerprint density at radius 1 is 0.970 bits per heavy atom. The van der Waals surface area contributed by atoms with E-state index in [1.165, 1.54) is 6.07 Å². The van der Waals surface area contributed by atoms with Crippen molar-refractivity contribution in [2.24, 2.45) is 4.99 Å². The molecule has 0 saturated heterocycles. The Balaban J connectivity index is 0.00000306. The zero-order valence-electron chi connectivity index (χ0n) is 17.5. The molecule has 0 bridgehead atoms. The van der Waals surface area contributed by atoms with Gasteiger partial charge in [0.1, 0.15) is 6.40 Å². The Morgan fingerprint density at radius 3 is 2.33 bits per heavy atom. The normalized spacial score (nSPS) is 10.6. The van der Waals surface area contributed by atoms with E-state index in [-0.39, 0.29) is 22.6 Å². The molecule has 1 N–H and O–H groups in total. The van der Waals surface area contributed by atoms with Crippen LogP contribution in [-0.2, 0) is 17.1 Å². The van der Waals surface area contributed by atoms with Gasteiger partial charge in [0.2, 0.25) is 0 Å². The molecule has 0 atom stereocenters. The zero-order chi connectivity index (χ0) is 22.5. The summed E-state index contributed by atoms with van der Waals surface area (Å²) in [6, 6.07) is 29.5. The van der Waals surface area contributed by atoms with Crippen molar-refractivity contribution in [2.75, 3.05) is 0 Å². The molecule has 4 nitrogen and oxygen atoms in total. The summed E-state index contributed by atoms with van der Waals surface area (Å²) in [5.74, 6) is -0.679. The average Bonchev–Trinajstić information content (AvgIpc) is 2.82. The summed E-state index contributed by atoms with van der Waals surface area (Å²) in [5.41, 5.74) is 5.33. The van der Waals surface area contributed by atoms with Gasteiger partial charge in [-0.05, 0) is 29.2 Å². The van der Waals surface area contributed by atoms with Gasteiger partial charge in [-0.2, -0.15) is 23.7 Å². The fraction of sp³-hybridized carbons (Fsp3) is 0.0370. The number of carboxylic acid groups (broad SMARTS) is 1. The minimum atomic E-state index is -1.01. The van der Waals surface area contributed by atoms with Crippen LogP contribution in [0, 0.1) is 13.0 Å². The van der Waals surface area contributed by atoms with Crippen molar-refractivity contribution in [2.45, 2.75) is 6.92 Å². The molecule has 0 unspecified atom stereocenters. The number of aromatic carboxylic acids is 1. The van der Waals surface area contributed by atoms with Crippen LogP contribution < -0.4 is 4.74 Å². The van der Waals surface area contributed by atoms with Gasteiger partial charge < -0.3 is 14.8 Å². The molecule has 0 aliphatic rings. The summed E-state index contributed by atoms with van der Waals surface area (Å²) >= 11 is 6.40. The van der Waals surface area contributed by atoms with Gasteiger partial charge in [0.05, 0.1) is 5.56 Å². The molecular weight excluding hydrogens is 477 g/mol. The van der Waals surface area contributed by atoms with Gasteiger partial charge in [0.25, 0.3) is 0 Å². The Hall–Kier alpha value is -3.37. The monoisotopic (exact) mass is 494 g/mol. The molecule has 0 aromatic heterocycles. The van der Waals surface area contributed by atoms with Crippen LogP contribution in [0.25, 0.3) is 22.3 Å². The van der Waals surface area contributed by atoms with Crippen molar-refractivity contribution >= 4 is 29.7 Å². The molecule has 4 rings (SSSR count). The molecule has 0 amide bonds. The van der Waals surface area contributed by atoms with E-state index in [1.54, 1.807) is 31.2 Å². The number of aryl methyl sites for hydroxylation is 1. The summed E-state index contributed by atoms with van der Waals surface area (Å²) in [7, 11) is 0. The van der Waals surface area contributed by atoms with Crippen LogP contribution in [0.5, 0.6) is 5.75 Å². The number of aliphatic imine (C=N–C) groups is 1. The summed E-state index contributed by atoms with van der Waals surface area (Å²) in [6.45, 7) is 1.72. The number of carboxylic acids is 1. The second kappa shape index (κ2) is 11.0. The Kier molecular flexibility index (Phi) is 8.07. The molecule has 0 fully saturated rings. The first-order valence-corrected chi connectivity index (χ1v) is 10.2. The minimum Gasteiger partial charge on any atom is -0.564 e. The number of nitrogens with zero attached hydrogens (tertiary/aromatic N) is 1. The standard InChI is InChI=1S/C27H18ClNO3.Mn/c1-18-7-13-23(16-24(18)27(30)31)32-17-29-22-12-14-26(28)25(15-22)21-10-8-20(9-11-21)19-5-3-2-4-6-19;/h2-11,13-16H,1H3,(H,30,31);/q-2;+2. The quantitative estimate of drug-likeness (QED) is 0.135. The Labute approximate surface area is 208 Å². The maximum absolute atomic E-state index is 11.3. The molecular formula is C27H18ClMnNO3. The van der Waals surface area contributed by atoms with Gasteiger partial charge in [-0.25, -0.2) is 10.9 Å². The van der Waals surface area contributed by atoms with Gasteiger partial charge >= 0.3 is 23.0 Å². The van der Waals surface area contributed by atoms with Crippen LogP contribution in [0.2, 0.25) is 5.02 Å². The van der Waals surface area contributed by atoms with Crippen LogP contribution in [0.1, 0.15) is 15.9 Å². The average molecular weight is 495 g/mol. The van der Waals surface area contributed by atoms with Crippen LogP contribution in [-0.4, -0.2) is 17.5 Å². The van der Waals surface area contributed by atoms with E-state index in [0.717, 1.165) is 22.3 Å². The van der Waals surface area contributed by atoms with E-state index in [2.05, 4.69) is 29.6 Å². The molecule has 1 radical (unpaired) electrons. The first kappa shape index (κ1) is 24.3. The van der Waals surface area contributed by atoms with E-state index in [1.807, 2.05) is 42.5 Å². The topological polar surface area (TPSA) is 58.9 Å². The fourth-order valence-electron chi connectivity index (χ4n) is 3.24. The Morgan fingerprint density at radius 2 is 1.64 bits per heavy atom. The number of ether oxygens (including phenoxy) is 1. The van der Waals surface area contributed by atoms with Crippen molar-refractivity contribution in [3.8, 4) is 28.0 Å². The van der Waals surface area contributed by atoms with Gasteiger partial charge in [-0.3, -0.25) is 0 Å². The van der Waals surface area contributed by atoms with Gasteiger partial charge in [0.15, 0.2) is 0 Å². The third kappa shape index (κ3) is 5.91. The SMILES string of the molecule is Cc1ccc(O[C-]=Nc2[c-]cc(Cl)c(-c3ccc(-c4ccccc4)cc3)c2)cc1C(=O)O.[Mn+2]. The number of benzene rings is 4. The molecule has 6 heteroatoms. The molecule has 0 aliphatic carbocycles. The molecule has 4 aromatic carbocycles. The fourth-order valence-corrected chi connectivity index (χ4v) is 3.46. The van der Waals surface area contributed by atoms with Crippen molar-refractivity contribution in [3.05, 3.63) is 107 Å². The number of halogens is 1. The minimum absolute atomic E-state index is 0. The molecule has 4 aromatic rings. The summed E-state index contributed by atoms with van der Waals surface area (Å²) in [6.07, 6.45) is 2.49. The van der Waals surface area contributed by atoms with Crippen LogP contribution >= 0.6 is 11.6 Å². The summed E-state index contributed by atoms with van der Waals surface area (Å²) in [4.78, 5) is 15.4. The van der Waals surface area contributed by atoms with Crippen molar-refractivity contribution in [1.82, 2.24) is 0 Å². The first-order valence-electron chi connectivity index (χ1n) is 9.85. The predicted octanol–water partition coefficient (Wildman–Crippen LogP) is 7.09. The van der Waals surface area contributed by atoms with E-state index in [9.17, 15) is 9.90 Å². The number of rotatable bonds is 6. The first-order chi connectivity index (χ1) is 15.5. The maximum Gasteiger partial charge on any atom is 2.00 e. The van der Waals surface area contributed by atoms with Crippen LogP contribution in [0.15, 0.2) is 89.9 Å². The van der Waals surface area contributed by atoms with Crippen molar-refractivity contribution in [3.63, 3.8) is 0 Å². The number of carbonyl (C=O) groups is 1. The third-order valence-corrected chi connectivity index (χ3v) is 5.27. The molecule has 33 heavy (non-hydrogen) atoms. The molecule has 163 valence electrons. The number of hydrogen-bond donors (Lipinski definition) is 1. The van der Waals surface area contributed by atoms with E-state index >= 15 is 0 Å². The van der Waals surface area contributed by atoms with Crippen molar-refractivity contribution in [1.29, 1.82) is 0 Å². The number of hydrogen-bond acceptors (Lipinski definition) is 3. The smallest absolute Gasteiger partial charge is 0.564 e. The third-order valence-electron chi connectivity index (χ3n) is 4.96. The van der Waals surface area contributed by atoms with Gasteiger partial charge in [0, 0.05) is 5.75 Å². The van der Waals surface area contributed by atoms with E-state index < -0.39 is 5.97 Å². The summed E-state index contributed by atoms with van der Waals surface area (Å²) < 4.78 is 5.36. The molecule has 0 aliphatic heterocycles. The predicted molar refractivity (Wildman–Crippen MR) is 127 cm³/mol. The second-order valence-corrected chi connectivity index (χ2v) is 7.52. The van der Waals surface area contributed by atoms with E-state index in [0.29, 0.717) is 22.0 Å². The second-order valence-electron chi connectivity index (χ2n) is 7.11. The summed E-state index contributed by atoms with van der Waals surface area (Å²) in [5, 5.41) is 9.78. The van der Waals surface area contributed by atoms with Gasteiger partial charge in [-0.15, -0.1) is 11.3 Å². The molecule has 0 heterocycles. The van der Waals surface area contributed by atoms with Gasteiger partial charge in [-0.1, -0.05) is 77.8 Å². The maximum atomic E-state index is 11.3. The molecule has 0 spiro atoms. The zero-order valence-corrected chi connectivity index (χ0v) is 19.5. The Bertz CT molecular complexity index is 1290. The van der Waals surface area contributed by atoms with Crippen LogP contribution in [0.3, 0.4) is 0 Å². The van der Waals surface area contributed by atoms with Crippen LogP contribution in [0.4, 0.5) is 5.69 Å². The molecule has 0 saturated carbocycles. The van der Waals surface area contributed by atoms with Crippen molar-refractivity contribution < 1.29 is 31.7 Å². The largest absolute Gasteiger partial charge is 2.00 e. The van der Waals surface area contributed by atoms with E-state index in [4.69, 9.17) is 16.3 Å².